The van der Waals surface area contributed by atoms with Gasteiger partial charge in [-0.1, -0.05) is 31.4 Å². The standard InChI is InChI=1S/C20H26N4O2S.ClH/c25-20(19-17-12-21-10-9-18(17)23-24-19)22-15-6-4-5-14(11-15)13-27(26)16-7-2-1-3-8-16;/h4-6,11,16,21H,1-3,7-10,12-13H2,(H,22,25)(H,23,24);1H. The number of halogens is 1. The Hall–Kier alpha value is -1.70. The molecule has 1 saturated carbocycles. The van der Waals surface area contributed by atoms with E-state index >= 15 is 0 Å². The number of carbonyl (C=O) groups is 1. The quantitative estimate of drug-likeness (QED) is 0.689. The molecule has 1 atom stereocenters. The Kier molecular flexibility index (Phi) is 7.26. The second kappa shape index (κ2) is 9.67. The van der Waals surface area contributed by atoms with E-state index in [1.807, 2.05) is 24.3 Å². The van der Waals surface area contributed by atoms with E-state index in [9.17, 15) is 9.00 Å². The number of fused-ring (bicyclic) bond motifs is 1. The van der Waals surface area contributed by atoms with Gasteiger partial charge in [-0.2, -0.15) is 5.10 Å². The van der Waals surface area contributed by atoms with Crippen LogP contribution in [0.15, 0.2) is 24.3 Å². The Balaban J connectivity index is 0.00000225. The summed E-state index contributed by atoms with van der Waals surface area (Å²) in [6.45, 7) is 1.56. The first-order chi connectivity index (χ1) is 13.2. The van der Waals surface area contributed by atoms with Gasteiger partial charge in [0.1, 0.15) is 0 Å². The van der Waals surface area contributed by atoms with E-state index in [1.54, 1.807) is 0 Å². The maximum Gasteiger partial charge on any atom is 0.276 e. The highest BCUT2D eigenvalue weighted by molar-refractivity contribution is 7.84. The van der Waals surface area contributed by atoms with Crippen molar-refractivity contribution < 1.29 is 9.00 Å². The average Bonchev–Trinajstić information content (AvgIpc) is 3.13. The maximum atomic E-state index is 12.7. The fourth-order valence-corrected chi connectivity index (χ4v) is 5.56. The molecule has 0 radical (unpaired) electrons. The van der Waals surface area contributed by atoms with Crippen molar-refractivity contribution in [3.63, 3.8) is 0 Å². The van der Waals surface area contributed by atoms with Gasteiger partial charge in [-0.25, -0.2) is 0 Å². The molecule has 0 spiro atoms. The zero-order valence-electron chi connectivity index (χ0n) is 15.8. The summed E-state index contributed by atoms with van der Waals surface area (Å²) in [6.07, 6.45) is 6.65. The molecule has 1 aromatic heterocycles. The summed E-state index contributed by atoms with van der Waals surface area (Å²) in [6, 6.07) is 7.68. The minimum Gasteiger partial charge on any atom is -0.321 e. The summed E-state index contributed by atoms with van der Waals surface area (Å²) in [4.78, 5) is 12.6. The molecule has 1 aliphatic carbocycles. The molecule has 2 aliphatic rings. The number of nitrogens with one attached hydrogen (secondary N) is 3. The van der Waals surface area contributed by atoms with Crippen LogP contribution in [0.3, 0.4) is 0 Å². The molecule has 2 aromatic rings. The molecule has 1 aliphatic heterocycles. The second-order valence-electron chi connectivity index (χ2n) is 7.40. The van der Waals surface area contributed by atoms with Gasteiger partial charge >= 0.3 is 0 Å². The van der Waals surface area contributed by atoms with Gasteiger partial charge < -0.3 is 10.6 Å². The van der Waals surface area contributed by atoms with Crippen molar-refractivity contribution >= 4 is 34.8 Å². The molecule has 28 heavy (non-hydrogen) atoms. The third kappa shape index (κ3) is 4.82. The number of nitrogens with zero attached hydrogens (tertiary/aromatic N) is 1. The van der Waals surface area contributed by atoms with Crippen LogP contribution >= 0.6 is 12.4 Å². The topological polar surface area (TPSA) is 86.9 Å². The molecule has 1 amide bonds. The number of aromatic nitrogens is 2. The molecule has 3 N–H and O–H groups in total. The molecule has 8 heteroatoms. The number of hydrogen-bond donors (Lipinski definition) is 3. The zero-order chi connectivity index (χ0) is 18.6. The van der Waals surface area contributed by atoms with Crippen molar-refractivity contribution in [3.8, 4) is 0 Å². The molecular weight excluding hydrogens is 396 g/mol. The highest BCUT2D eigenvalue weighted by atomic mass is 35.5. The van der Waals surface area contributed by atoms with Crippen molar-refractivity contribution in [1.82, 2.24) is 15.5 Å². The molecular formula is C20H27ClN4O2S. The van der Waals surface area contributed by atoms with Crippen LogP contribution < -0.4 is 10.6 Å². The van der Waals surface area contributed by atoms with Crippen LogP contribution in [0.2, 0.25) is 0 Å². The minimum atomic E-state index is -0.848. The third-order valence-electron chi connectivity index (χ3n) is 5.44. The number of benzene rings is 1. The number of H-pyrrole nitrogens is 1. The molecule has 152 valence electrons. The monoisotopic (exact) mass is 422 g/mol. The molecule has 0 saturated heterocycles. The largest absolute Gasteiger partial charge is 0.321 e. The van der Waals surface area contributed by atoms with Gasteiger partial charge in [0.15, 0.2) is 5.69 Å². The predicted molar refractivity (Wildman–Crippen MR) is 114 cm³/mol. The van der Waals surface area contributed by atoms with Crippen LogP contribution in [0.4, 0.5) is 5.69 Å². The normalized spacial score (nSPS) is 18.0. The van der Waals surface area contributed by atoms with E-state index in [-0.39, 0.29) is 18.3 Å². The first-order valence-corrected chi connectivity index (χ1v) is 11.1. The van der Waals surface area contributed by atoms with Gasteiger partial charge in [-0.15, -0.1) is 12.4 Å². The lowest BCUT2D eigenvalue weighted by Gasteiger charge is -2.21. The van der Waals surface area contributed by atoms with Crippen molar-refractivity contribution in [3.05, 3.63) is 46.8 Å². The highest BCUT2D eigenvalue weighted by Gasteiger charge is 2.22. The van der Waals surface area contributed by atoms with E-state index in [4.69, 9.17) is 0 Å². The van der Waals surface area contributed by atoms with E-state index in [0.29, 0.717) is 23.2 Å². The Labute approximate surface area is 174 Å². The smallest absolute Gasteiger partial charge is 0.276 e. The summed E-state index contributed by atoms with van der Waals surface area (Å²) < 4.78 is 12.7. The summed E-state index contributed by atoms with van der Waals surface area (Å²) in [5.41, 5.74) is 4.17. The molecule has 4 rings (SSSR count). The Morgan fingerprint density at radius 3 is 2.89 bits per heavy atom. The zero-order valence-corrected chi connectivity index (χ0v) is 17.5. The number of anilines is 1. The van der Waals surface area contributed by atoms with Crippen LogP contribution in [-0.2, 0) is 29.5 Å². The number of aromatic amines is 1. The Bertz CT molecular complexity index is 848. The van der Waals surface area contributed by atoms with Crippen molar-refractivity contribution in [2.75, 3.05) is 11.9 Å². The van der Waals surface area contributed by atoms with Crippen molar-refractivity contribution in [1.29, 1.82) is 0 Å². The fourth-order valence-electron chi connectivity index (χ4n) is 3.95. The van der Waals surface area contributed by atoms with Gasteiger partial charge in [0.2, 0.25) is 0 Å². The predicted octanol–water partition coefficient (Wildman–Crippen LogP) is 3.31. The lowest BCUT2D eigenvalue weighted by Crippen LogP contribution is -2.25. The lowest BCUT2D eigenvalue weighted by molar-refractivity contribution is 0.102. The molecule has 1 unspecified atom stereocenters. The van der Waals surface area contributed by atoms with Crippen LogP contribution in [0.25, 0.3) is 0 Å². The first-order valence-electron chi connectivity index (χ1n) is 9.75. The van der Waals surface area contributed by atoms with Gasteiger partial charge in [0, 0.05) is 58.3 Å². The third-order valence-corrected chi connectivity index (χ3v) is 7.27. The molecule has 6 nitrogen and oxygen atoms in total. The number of amides is 1. The molecule has 1 fully saturated rings. The Morgan fingerprint density at radius 1 is 1.25 bits per heavy atom. The number of carbonyl (C=O) groups excluding carboxylic acids is 1. The van der Waals surface area contributed by atoms with Gasteiger partial charge in [0.05, 0.1) is 0 Å². The number of hydrogen-bond acceptors (Lipinski definition) is 4. The van der Waals surface area contributed by atoms with Crippen molar-refractivity contribution in [2.45, 2.75) is 56.1 Å². The van der Waals surface area contributed by atoms with E-state index in [1.165, 1.54) is 19.3 Å². The van der Waals surface area contributed by atoms with E-state index in [0.717, 1.165) is 48.3 Å². The SMILES string of the molecule is Cl.O=C(Nc1cccc(CS(=O)C2CCCCC2)c1)c1n[nH]c2c1CNCC2. The molecule has 1 aromatic carbocycles. The van der Waals surface area contributed by atoms with Crippen LogP contribution in [0.1, 0.15) is 59.4 Å². The highest BCUT2D eigenvalue weighted by Crippen LogP contribution is 2.24. The van der Waals surface area contributed by atoms with Gasteiger partial charge in [-0.3, -0.25) is 14.1 Å². The minimum absolute atomic E-state index is 0. The average molecular weight is 423 g/mol. The van der Waals surface area contributed by atoms with Gasteiger partial charge in [0.25, 0.3) is 5.91 Å². The molecule has 0 bridgehead atoms. The molecule has 2 heterocycles. The summed E-state index contributed by atoms with van der Waals surface area (Å²) >= 11 is 0. The summed E-state index contributed by atoms with van der Waals surface area (Å²) in [5, 5.41) is 13.7. The van der Waals surface area contributed by atoms with Crippen molar-refractivity contribution in [2.24, 2.45) is 0 Å². The Morgan fingerprint density at radius 2 is 2.07 bits per heavy atom. The summed E-state index contributed by atoms with van der Waals surface area (Å²) in [7, 11) is -0.848. The van der Waals surface area contributed by atoms with Crippen LogP contribution in [-0.4, -0.2) is 32.1 Å². The first kappa shape index (κ1) is 21.0. The lowest BCUT2D eigenvalue weighted by atomic mass is 10.0. The van der Waals surface area contributed by atoms with Crippen LogP contribution in [0, 0.1) is 0 Å². The summed E-state index contributed by atoms with van der Waals surface area (Å²) in [5.74, 6) is 0.345. The maximum absolute atomic E-state index is 12.7. The number of rotatable bonds is 5. The van der Waals surface area contributed by atoms with E-state index < -0.39 is 10.8 Å². The van der Waals surface area contributed by atoms with E-state index in [2.05, 4.69) is 20.8 Å². The van der Waals surface area contributed by atoms with Gasteiger partial charge in [-0.05, 0) is 30.5 Å². The fraction of sp³-hybridized carbons (Fsp3) is 0.500. The second-order valence-corrected chi connectivity index (χ2v) is 9.11. The van der Waals surface area contributed by atoms with Crippen LogP contribution in [0.5, 0.6) is 0 Å².